The topological polar surface area (TPSA) is 41.1 Å². The third-order valence-corrected chi connectivity index (χ3v) is 4.00. The van der Waals surface area contributed by atoms with Gasteiger partial charge < -0.3 is 10.2 Å². The van der Waals surface area contributed by atoms with Gasteiger partial charge in [-0.3, -0.25) is 0 Å². The van der Waals surface area contributed by atoms with E-state index in [9.17, 15) is 0 Å². The Morgan fingerprint density at radius 3 is 2.74 bits per heavy atom. The minimum Gasteiger partial charge on any atom is -0.341 e. The van der Waals surface area contributed by atoms with E-state index in [0.29, 0.717) is 6.04 Å². The predicted molar refractivity (Wildman–Crippen MR) is 79.4 cm³/mol. The van der Waals surface area contributed by atoms with E-state index < -0.39 is 0 Å². The van der Waals surface area contributed by atoms with Crippen molar-refractivity contribution in [1.29, 1.82) is 0 Å². The first kappa shape index (κ1) is 14.3. The fraction of sp³-hybridized carbons (Fsp3) is 0.733. The van der Waals surface area contributed by atoms with Crippen LogP contribution in [0.5, 0.6) is 0 Å². The maximum atomic E-state index is 4.67. The lowest BCUT2D eigenvalue weighted by atomic mass is 10.2. The van der Waals surface area contributed by atoms with Crippen LogP contribution in [0.2, 0.25) is 0 Å². The number of hydrogen-bond acceptors (Lipinski definition) is 4. The summed E-state index contributed by atoms with van der Waals surface area (Å²) in [6.07, 6.45) is 8.37. The van der Waals surface area contributed by atoms with Gasteiger partial charge >= 0.3 is 0 Å². The molecule has 1 aliphatic carbocycles. The Morgan fingerprint density at radius 1 is 1.37 bits per heavy atom. The second kappa shape index (κ2) is 6.85. The molecule has 0 aliphatic heterocycles. The molecule has 1 aliphatic rings. The summed E-state index contributed by atoms with van der Waals surface area (Å²) in [5.41, 5.74) is 2.30. The third-order valence-electron chi connectivity index (χ3n) is 4.00. The van der Waals surface area contributed by atoms with Crippen LogP contribution in [0.25, 0.3) is 0 Å². The SMILES string of the molecule is CCCNCc1cnc(N(C)C2CCCC2)nc1C. The van der Waals surface area contributed by atoms with E-state index in [1.54, 1.807) is 0 Å². The van der Waals surface area contributed by atoms with Crippen LogP contribution in [0.15, 0.2) is 6.20 Å². The van der Waals surface area contributed by atoms with Crippen molar-refractivity contribution in [3.05, 3.63) is 17.5 Å². The normalized spacial score (nSPS) is 15.9. The van der Waals surface area contributed by atoms with Crippen LogP contribution in [-0.2, 0) is 6.54 Å². The molecule has 1 N–H and O–H groups in total. The van der Waals surface area contributed by atoms with E-state index in [-0.39, 0.29) is 0 Å². The molecule has 4 nitrogen and oxygen atoms in total. The van der Waals surface area contributed by atoms with E-state index in [1.165, 1.54) is 31.2 Å². The molecule has 0 spiro atoms. The predicted octanol–water partition coefficient (Wildman–Crippen LogP) is 2.66. The van der Waals surface area contributed by atoms with Crippen molar-refractivity contribution >= 4 is 5.95 Å². The number of nitrogens with zero attached hydrogens (tertiary/aromatic N) is 3. The standard InChI is InChI=1S/C15H26N4/c1-4-9-16-10-13-11-17-15(18-12(13)2)19(3)14-7-5-6-8-14/h11,14,16H,4-10H2,1-3H3. The number of nitrogens with one attached hydrogen (secondary N) is 1. The lowest BCUT2D eigenvalue weighted by Crippen LogP contribution is -2.30. The van der Waals surface area contributed by atoms with Crippen LogP contribution in [-0.4, -0.2) is 29.6 Å². The van der Waals surface area contributed by atoms with Gasteiger partial charge in [-0.1, -0.05) is 19.8 Å². The molecular formula is C15H26N4. The van der Waals surface area contributed by atoms with Crippen LogP contribution in [0.4, 0.5) is 5.95 Å². The zero-order valence-electron chi connectivity index (χ0n) is 12.4. The van der Waals surface area contributed by atoms with Crippen LogP contribution in [0.3, 0.4) is 0 Å². The lowest BCUT2D eigenvalue weighted by molar-refractivity contribution is 0.632. The Morgan fingerprint density at radius 2 is 2.11 bits per heavy atom. The van der Waals surface area contributed by atoms with Crippen LogP contribution < -0.4 is 10.2 Å². The first-order valence-electron chi connectivity index (χ1n) is 7.48. The Labute approximate surface area is 116 Å². The molecule has 19 heavy (non-hydrogen) atoms. The zero-order valence-corrected chi connectivity index (χ0v) is 12.4. The van der Waals surface area contributed by atoms with Crippen molar-refractivity contribution in [1.82, 2.24) is 15.3 Å². The number of anilines is 1. The van der Waals surface area contributed by atoms with Gasteiger partial charge in [0.05, 0.1) is 0 Å². The van der Waals surface area contributed by atoms with Crippen molar-refractivity contribution in [2.75, 3.05) is 18.5 Å². The summed E-state index contributed by atoms with van der Waals surface area (Å²) < 4.78 is 0. The molecule has 1 fully saturated rings. The molecule has 1 aromatic heterocycles. The molecule has 1 aromatic rings. The van der Waals surface area contributed by atoms with Gasteiger partial charge in [0.25, 0.3) is 0 Å². The van der Waals surface area contributed by atoms with Gasteiger partial charge in [-0.15, -0.1) is 0 Å². The smallest absolute Gasteiger partial charge is 0.225 e. The molecular weight excluding hydrogens is 236 g/mol. The van der Waals surface area contributed by atoms with Crippen LogP contribution in [0, 0.1) is 6.92 Å². The summed E-state index contributed by atoms with van der Waals surface area (Å²) in [4.78, 5) is 11.5. The summed E-state index contributed by atoms with van der Waals surface area (Å²) in [7, 11) is 2.12. The van der Waals surface area contributed by atoms with Gasteiger partial charge in [0.15, 0.2) is 0 Å². The molecule has 0 unspecified atom stereocenters. The van der Waals surface area contributed by atoms with Crippen molar-refractivity contribution in [2.24, 2.45) is 0 Å². The minimum atomic E-state index is 0.628. The Bertz CT molecular complexity index is 399. The summed E-state index contributed by atoms with van der Waals surface area (Å²) in [6, 6.07) is 0.628. The summed E-state index contributed by atoms with van der Waals surface area (Å²) >= 11 is 0. The highest BCUT2D eigenvalue weighted by atomic mass is 15.3. The van der Waals surface area contributed by atoms with Crippen molar-refractivity contribution < 1.29 is 0 Å². The Balaban J connectivity index is 2.00. The quantitative estimate of drug-likeness (QED) is 0.800. The molecule has 4 heteroatoms. The summed E-state index contributed by atoms with van der Waals surface area (Å²) in [5, 5.41) is 3.40. The molecule has 0 aromatic carbocycles. The minimum absolute atomic E-state index is 0.628. The fourth-order valence-corrected chi connectivity index (χ4v) is 2.68. The van der Waals surface area contributed by atoms with Gasteiger partial charge in [0, 0.05) is 37.1 Å². The van der Waals surface area contributed by atoms with E-state index >= 15 is 0 Å². The Hall–Kier alpha value is -1.16. The molecule has 1 saturated carbocycles. The average Bonchev–Trinajstić information content (AvgIpc) is 2.94. The summed E-state index contributed by atoms with van der Waals surface area (Å²) in [6.45, 7) is 6.17. The monoisotopic (exact) mass is 262 g/mol. The third kappa shape index (κ3) is 3.66. The zero-order chi connectivity index (χ0) is 13.7. The van der Waals surface area contributed by atoms with Crippen molar-refractivity contribution in [3.8, 4) is 0 Å². The van der Waals surface area contributed by atoms with Gasteiger partial charge in [-0.05, 0) is 32.7 Å². The largest absolute Gasteiger partial charge is 0.341 e. The average molecular weight is 262 g/mol. The highest BCUT2D eigenvalue weighted by Gasteiger charge is 2.21. The van der Waals surface area contributed by atoms with Crippen molar-refractivity contribution in [2.45, 2.75) is 58.5 Å². The highest BCUT2D eigenvalue weighted by Crippen LogP contribution is 2.25. The molecule has 0 atom stereocenters. The Kier molecular flexibility index (Phi) is 5.14. The number of aryl methyl sites for hydroxylation is 1. The van der Waals surface area contributed by atoms with E-state index in [2.05, 4.69) is 41.1 Å². The first-order chi connectivity index (χ1) is 9.22. The second-order valence-corrected chi connectivity index (χ2v) is 5.51. The molecule has 2 rings (SSSR count). The highest BCUT2D eigenvalue weighted by molar-refractivity contribution is 5.33. The van der Waals surface area contributed by atoms with Gasteiger partial charge in [0.1, 0.15) is 0 Å². The van der Waals surface area contributed by atoms with E-state index in [4.69, 9.17) is 0 Å². The molecule has 0 saturated heterocycles. The molecule has 0 bridgehead atoms. The van der Waals surface area contributed by atoms with Crippen molar-refractivity contribution in [3.63, 3.8) is 0 Å². The van der Waals surface area contributed by atoms with Gasteiger partial charge in [-0.25, -0.2) is 9.97 Å². The van der Waals surface area contributed by atoms with Crippen LogP contribution >= 0.6 is 0 Å². The van der Waals surface area contributed by atoms with E-state index in [0.717, 1.165) is 31.2 Å². The maximum absolute atomic E-state index is 4.67. The molecule has 1 heterocycles. The molecule has 0 radical (unpaired) electrons. The fourth-order valence-electron chi connectivity index (χ4n) is 2.68. The molecule has 106 valence electrons. The number of rotatable bonds is 6. The number of hydrogen-bond donors (Lipinski definition) is 1. The maximum Gasteiger partial charge on any atom is 0.225 e. The summed E-state index contributed by atoms with van der Waals surface area (Å²) in [5.74, 6) is 0.878. The van der Waals surface area contributed by atoms with Crippen LogP contribution in [0.1, 0.15) is 50.3 Å². The first-order valence-corrected chi connectivity index (χ1v) is 7.48. The van der Waals surface area contributed by atoms with Gasteiger partial charge in [-0.2, -0.15) is 0 Å². The molecule has 0 amide bonds. The second-order valence-electron chi connectivity index (χ2n) is 5.51. The lowest BCUT2D eigenvalue weighted by Gasteiger charge is -2.24. The van der Waals surface area contributed by atoms with Gasteiger partial charge in [0.2, 0.25) is 5.95 Å². The number of aromatic nitrogens is 2. The van der Waals surface area contributed by atoms with E-state index in [1.807, 2.05) is 6.20 Å².